The third kappa shape index (κ3) is 4.13. The van der Waals surface area contributed by atoms with Crippen molar-refractivity contribution in [2.75, 3.05) is 11.5 Å². The van der Waals surface area contributed by atoms with Crippen LogP contribution in [0.5, 0.6) is 0 Å². The largest absolute Gasteiger partial charge is 0.477 e. The van der Waals surface area contributed by atoms with Gasteiger partial charge in [0.05, 0.1) is 0 Å². The van der Waals surface area contributed by atoms with Gasteiger partial charge in [-0.3, -0.25) is 14.5 Å². The molecule has 168 valence electrons. The summed E-state index contributed by atoms with van der Waals surface area (Å²) in [5, 5.41) is 23.8. The summed E-state index contributed by atoms with van der Waals surface area (Å²) in [4.78, 5) is 46.6. The number of carboxylic acids is 1. The van der Waals surface area contributed by atoms with Gasteiger partial charge in [-0.15, -0.1) is 11.8 Å². The molecule has 0 spiro atoms. The summed E-state index contributed by atoms with van der Waals surface area (Å²) in [5.74, 6) is -2.60. The molecular weight excluding hydrogens is 545 g/mol. The van der Waals surface area contributed by atoms with Crippen LogP contribution in [0.2, 0.25) is 9.62 Å². The molecule has 1 unspecified atom stereocenters. The van der Waals surface area contributed by atoms with Gasteiger partial charge in [0.25, 0.3) is 11.8 Å². The van der Waals surface area contributed by atoms with Crippen LogP contribution in [0.15, 0.2) is 20.1 Å². The van der Waals surface area contributed by atoms with E-state index in [0.717, 1.165) is 39.5 Å². The molecule has 1 saturated heterocycles. The summed E-state index contributed by atoms with van der Waals surface area (Å²) in [6, 6.07) is -1.05. The van der Waals surface area contributed by atoms with Crippen molar-refractivity contribution in [1.29, 1.82) is 0 Å². The second-order valence-electron chi connectivity index (χ2n) is 5.99. The maximum absolute atomic E-state index is 12.7. The summed E-state index contributed by atoms with van der Waals surface area (Å²) in [5.41, 5.74) is 4.69. The van der Waals surface area contributed by atoms with Crippen molar-refractivity contribution >= 4 is 98.2 Å². The van der Waals surface area contributed by atoms with E-state index in [0.29, 0.717) is 9.24 Å². The van der Waals surface area contributed by atoms with Crippen molar-refractivity contribution in [2.24, 2.45) is 5.16 Å². The van der Waals surface area contributed by atoms with Crippen molar-refractivity contribution in [3.63, 3.8) is 0 Å². The predicted molar refractivity (Wildman–Crippen MR) is 120 cm³/mol. The summed E-state index contributed by atoms with van der Waals surface area (Å²) in [6.45, 7) is 0. The quantitative estimate of drug-likeness (QED) is 0.176. The monoisotopic (exact) mass is 553 g/mol. The Labute approximate surface area is 205 Å². The number of rotatable bonds is 6. The topological polar surface area (TPSA) is 184 Å². The van der Waals surface area contributed by atoms with Gasteiger partial charge >= 0.3 is 5.97 Å². The lowest BCUT2D eigenvalue weighted by molar-refractivity contribution is -0.150. The Morgan fingerprint density at radius 2 is 2.09 bits per heavy atom. The zero-order valence-electron chi connectivity index (χ0n) is 15.2. The normalized spacial score (nSPS) is 20.8. The zero-order valence-corrected chi connectivity index (χ0v) is 20.0. The number of β-lactam (4-membered cyclic amide) rings is 1. The number of nitrogen functional groups attached to an aromatic ring is 1. The van der Waals surface area contributed by atoms with Crippen molar-refractivity contribution in [3.8, 4) is 0 Å². The predicted octanol–water partition coefficient (Wildman–Crippen LogP) is 1.55. The molecule has 1 fully saturated rings. The Morgan fingerprint density at radius 1 is 1.34 bits per heavy atom. The Hall–Kier alpha value is -2.11. The van der Waals surface area contributed by atoms with Crippen molar-refractivity contribution in [1.82, 2.24) is 24.6 Å². The van der Waals surface area contributed by atoms with Gasteiger partial charge in [-0.2, -0.15) is 9.36 Å². The highest BCUT2D eigenvalue weighted by Gasteiger charge is 2.54. The van der Waals surface area contributed by atoms with E-state index in [1.165, 1.54) is 11.8 Å². The minimum atomic E-state index is -1.30. The Morgan fingerprint density at radius 3 is 2.66 bits per heavy atom. The van der Waals surface area contributed by atoms with Gasteiger partial charge in [0.2, 0.25) is 5.28 Å². The summed E-state index contributed by atoms with van der Waals surface area (Å²) in [7, 11) is 0. The first-order valence-corrected chi connectivity index (χ1v) is 12.5. The number of carbonyl (C=O) groups is 3. The number of fused-ring (bicyclic) bond motifs is 1. The second-order valence-corrected chi connectivity index (χ2v) is 11.2. The fraction of sp³-hybridized carbons (Fsp3) is 0.214. The number of thiazole rings is 1. The fourth-order valence-electron chi connectivity index (χ4n) is 2.88. The number of aliphatic carboxylic acids is 1. The minimum Gasteiger partial charge on any atom is -0.477 e. The SMILES string of the molecule is Nc1nc(/C(=N\O)C(=O)N[C@@H]2C(=O)N3C(C(=O)O)=C(Sc4nc(Cl)ns4)CSC23)c(Cl)s1. The van der Waals surface area contributed by atoms with Crippen LogP contribution in [-0.2, 0) is 14.4 Å². The molecule has 32 heavy (non-hydrogen) atoms. The maximum Gasteiger partial charge on any atom is 0.353 e. The summed E-state index contributed by atoms with van der Waals surface area (Å²) < 4.78 is 4.30. The number of nitrogens with one attached hydrogen (secondary N) is 1. The number of hydrogen-bond donors (Lipinski definition) is 4. The van der Waals surface area contributed by atoms with E-state index in [1.54, 1.807) is 0 Å². The van der Waals surface area contributed by atoms with E-state index in [2.05, 4.69) is 24.8 Å². The molecular formula is C14H9Cl2N7O5S4. The van der Waals surface area contributed by atoms with Crippen molar-refractivity contribution in [2.45, 2.75) is 15.8 Å². The number of hydrogen-bond acceptors (Lipinski definition) is 13. The van der Waals surface area contributed by atoms with Crippen molar-refractivity contribution < 1.29 is 24.7 Å². The van der Waals surface area contributed by atoms with E-state index >= 15 is 0 Å². The van der Waals surface area contributed by atoms with Crippen molar-refractivity contribution in [3.05, 3.63) is 25.9 Å². The van der Waals surface area contributed by atoms with Crippen LogP contribution in [0.4, 0.5) is 5.13 Å². The molecule has 2 aliphatic heterocycles. The molecule has 2 aromatic heterocycles. The molecule has 2 amide bonds. The molecule has 4 rings (SSSR count). The molecule has 0 aliphatic carbocycles. The number of anilines is 1. The molecule has 5 N–H and O–H groups in total. The number of amides is 2. The molecule has 0 bridgehead atoms. The number of nitrogens with zero attached hydrogens (tertiary/aromatic N) is 5. The van der Waals surface area contributed by atoms with Gasteiger partial charge in [0.1, 0.15) is 27.1 Å². The van der Waals surface area contributed by atoms with Gasteiger partial charge < -0.3 is 21.4 Å². The van der Waals surface area contributed by atoms with Crippen LogP contribution < -0.4 is 11.1 Å². The minimum absolute atomic E-state index is 0.0357. The van der Waals surface area contributed by atoms with Gasteiger partial charge in [-0.25, -0.2) is 9.78 Å². The average molecular weight is 554 g/mol. The van der Waals surface area contributed by atoms with Crippen LogP contribution >= 0.6 is 69.6 Å². The third-order valence-electron chi connectivity index (χ3n) is 4.16. The highest BCUT2D eigenvalue weighted by molar-refractivity contribution is 8.07. The number of carboxylic acid groups (broad SMARTS) is 1. The van der Waals surface area contributed by atoms with Crippen LogP contribution in [0, 0.1) is 0 Å². The lowest BCUT2D eigenvalue weighted by atomic mass is 10.0. The molecule has 18 heteroatoms. The molecule has 0 radical (unpaired) electrons. The highest BCUT2D eigenvalue weighted by Crippen LogP contribution is 2.45. The number of halogens is 2. The van der Waals surface area contributed by atoms with Gasteiger partial charge in [0.15, 0.2) is 15.2 Å². The van der Waals surface area contributed by atoms with Crippen LogP contribution in [-0.4, -0.2) is 70.2 Å². The van der Waals surface area contributed by atoms with Gasteiger partial charge in [-0.1, -0.05) is 39.9 Å². The van der Waals surface area contributed by atoms with Gasteiger partial charge in [0, 0.05) is 10.7 Å². The van der Waals surface area contributed by atoms with Gasteiger partial charge in [-0.05, 0) is 23.1 Å². The van der Waals surface area contributed by atoms with Crippen LogP contribution in [0.3, 0.4) is 0 Å². The Kier molecular flexibility index (Phi) is 6.51. The number of thioether (sulfide) groups is 2. The zero-order chi connectivity index (χ0) is 23.2. The van der Waals surface area contributed by atoms with E-state index < -0.39 is 34.9 Å². The Balaban J connectivity index is 1.53. The second kappa shape index (κ2) is 9.03. The van der Waals surface area contributed by atoms with E-state index in [1.807, 2.05) is 0 Å². The number of oxime groups is 1. The number of nitrogens with two attached hydrogens (primary N) is 1. The smallest absolute Gasteiger partial charge is 0.353 e. The molecule has 2 atom stereocenters. The molecule has 2 aromatic rings. The molecule has 0 aromatic carbocycles. The number of carbonyl (C=O) groups excluding carboxylic acids is 2. The first-order chi connectivity index (χ1) is 15.2. The third-order valence-corrected chi connectivity index (χ3v) is 8.81. The molecule has 12 nitrogen and oxygen atoms in total. The first kappa shape index (κ1) is 23.1. The lowest BCUT2D eigenvalue weighted by Crippen LogP contribution is -2.71. The molecule has 4 heterocycles. The maximum atomic E-state index is 12.7. The lowest BCUT2D eigenvalue weighted by Gasteiger charge is -2.49. The van der Waals surface area contributed by atoms with E-state index in [9.17, 15) is 24.7 Å². The van der Waals surface area contributed by atoms with Crippen LogP contribution in [0.25, 0.3) is 0 Å². The Bertz CT molecular complexity index is 1200. The number of aromatic nitrogens is 3. The summed E-state index contributed by atoms with van der Waals surface area (Å²) in [6.07, 6.45) is 0. The van der Waals surface area contributed by atoms with Crippen LogP contribution in [0.1, 0.15) is 5.69 Å². The summed E-state index contributed by atoms with van der Waals surface area (Å²) >= 11 is 15.9. The van der Waals surface area contributed by atoms with E-state index in [-0.39, 0.29) is 31.9 Å². The highest BCUT2D eigenvalue weighted by atomic mass is 35.5. The average Bonchev–Trinajstić information content (AvgIpc) is 3.30. The fourth-order valence-corrected chi connectivity index (χ4v) is 7.24. The van der Waals surface area contributed by atoms with E-state index in [4.69, 9.17) is 28.9 Å². The standard InChI is InChI=1S/C14H9Cl2N7O5S4/c15-7-3(19-13(17)31-7)4(21-28)8(24)18-5-9(25)23-6(11(26)27)2(1-29-10(5)23)30-14-20-12(16)22-32-14/h5,10,28H,1H2,(H2,17,19)(H,18,24)(H,26,27)/b21-4+/t5-,10?/m1/s1. The first-order valence-electron chi connectivity index (χ1n) is 8.24. The molecule has 0 saturated carbocycles. The molecule has 2 aliphatic rings.